The van der Waals surface area contributed by atoms with E-state index in [0.29, 0.717) is 11.3 Å². The summed E-state index contributed by atoms with van der Waals surface area (Å²) in [4.78, 5) is 14.0. The number of carbonyl (C=O) groups is 1. The molecule has 0 bridgehead atoms. The molecule has 1 aliphatic heterocycles. The number of hydrogen-bond acceptors (Lipinski definition) is 2. The second-order valence-corrected chi connectivity index (χ2v) is 8.55. The molecule has 1 heterocycles. The van der Waals surface area contributed by atoms with E-state index in [-0.39, 0.29) is 6.09 Å². The molecular formula is C18H24BrNO2. The molecular weight excluding hydrogens is 342 g/mol. The molecule has 1 atom stereocenters. The number of benzene rings is 1. The molecule has 1 amide bonds. The number of hydrogen-bond donors (Lipinski definition) is 0. The van der Waals surface area contributed by atoms with E-state index in [2.05, 4.69) is 40.2 Å². The Labute approximate surface area is 141 Å². The molecule has 3 nitrogen and oxygen atoms in total. The minimum atomic E-state index is -0.411. The molecule has 1 aliphatic carbocycles. The van der Waals surface area contributed by atoms with Crippen LogP contribution in [-0.2, 0) is 4.74 Å². The zero-order valence-electron chi connectivity index (χ0n) is 13.6. The maximum Gasteiger partial charge on any atom is 0.410 e. The van der Waals surface area contributed by atoms with Gasteiger partial charge in [0.2, 0.25) is 0 Å². The molecule has 0 aromatic heterocycles. The molecule has 1 saturated heterocycles. The highest BCUT2D eigenvalue weighted by molar-refractivity contribution is 9.10. The van der Waals surface area contributed by atoms with Crippen LogP contribution >= 0.6 is 15.9 Å². The fourth-order valence-electron chi connectivity index (χ4n) is 3.53. The van der Waals surface area contributed by atoms with Gasteiger partial charge in [-0.15, -0.1) is 0 Å². The predicted molar refractivity (Wildman–Crippen MR) is 91.0 cm³/mol. The molecule has 4 heteroatoms. The number of rotatable bonds is 1. The van der Waals surface area contributed by atoms with Crippen LogP contribution in [0.15, 0.2) is 28.7 Å². The van der Waals surface area contributed by atoms with Gasteiger partial charge in [-0.05, 0) is 69.1 Å². The highest BCUT2D eigenvalue weighted by atomic mass is 79.9. The SMILES string of the molecule is CC(C)(C)OC(=O)N1CCC2(CC1)C[C@H]2c1ccc(Br)cc1. The van der Waals surface area contributed by atoms with E-state index in [9.17, 15) is 4.79 Å². The van der Waals surface area contributed by atoms with Gasteiger partial charge in [-0.3, -0.25) is 0 Å². The number of carbonyl (C=O) groups excluding carboxylic acids is 1. The van der Waals surface area contributed by atoms with Gasteiger partial charge >= 0.3 is 6.09 Å². The summed E-state index contributed by atoms with van der Waals surface area (Å²) in [6.07, 6.45) is 3.28. The van der Waals surface area contributed by atoms with Gasteiger partial charge in [-0.1, -0.05) is 28.1 Å². The number of amides is 1. The second kappa shape index (κ2) is 5.55. The van der Waals surface area contributed by atoms with Crippen LogP contribution in [0.25, 0.3) is 0 Å². The van der Waals surface area contributed by atoms with E-state index in [1.165, 1.54) is 12.0 Å². The van der Waals surface area contributed by atoms with E-state index < -0.39 is 5.60 Å². The van der Waals surface area contributed by atoms with Gasteiger partial charge in [0.1, 0.15) is 5.60 Å². The summed E-state index contributed by atoms with van der Waals surface area (Å²) >= 11 is 3.49. The minimum Gasteiger partial charge on any atom is -0.444 e. The van der Waals surface area contributed by atoms with Crippen molar-refractivity contribution >= 4 is 22.0 Å². The lowest BCUT2D eigenvalue weighted by Gasteiger charge is -2.34. The van der Waals surface area contributed by atoms with E-state index in [0.717, 1.165) is 30.4 Å². The van der Waals surface area contributed by atoms with Crippen LogP contribution in [0.3, 0.4) is 0 Å². The lowest BCUT2D eigenvalue weighted by Crippen LogP contribution is -2.42. The highest BCUT2D eigenvalue weighted by Crippen LogP contribution is 2.64. The zero-order chi connectivity index (χ0) is 16.0. The molecule has 1 spiro atoms. The van der Waals surface area contributed by atoms with Gasteiger partial charge in [0, 0.05) is 17.6 Å². The second-order valence-electron chi connectivity index (χ2n) is 7.64. The van der Waals surface area contributed by atoms with Crippen molar-refractivity contribution in [3.8, 4) is 0 Å². The van der Waals surface area contributed by atoms with Crippen LogP contribution in [0.2, 0.25) is 0 Å². The summed E-state index contributed by atoms with van der Waals surface area (Å²) in [5, 5.41) is 0. The van der Waals surface area contributed by atoms with Gasteiger partial charge in [0.05, 0.1) is 0 Å². The smallest absolute Gasteiger partial charge is 0.410 e. The first-order valence-corrected chi connectivity index (χ1v) is 8.82. The average molecular weight is 366 g/mol. The monoisotopic (exact) mass is 365 g/mol. The third-order valence-corrected chi connectivity index (χ3v) is 5.40. The fourth-order valence-corrected chi connectivity index (χ4v) is 3.79. The molecule has 1 aromatic rings. The summed E-state index contributed by atoms with van der Waals surface area (Å²) in [6, 6.07) is 8.70. The third-order valence-electron chi connectivity index (χ3n) is 4.87. The van der Waals surface area contributed by atoms with Crippen molar-refractivity contribution in [2.75, 3.05) is 13.1 Å². The number of piperidine rings is 1. The van der Waals surface area contributed by atoms with Crippen molar-refractivity contribution < 1.29 is 9.53 Å². The average Bonchev–Trinajstić information content (AvgIpc) is 3.12. The lowest BCUT2D eigenvalue weighted by molar-refractivity contribution is 0.0170. The van der Waals surface area contributed by atoms with Gasteiger partial charge < -0.3 is 9.64 Å². The summed E-state index contributed by atoms with van der Waals surface area (Å²) in [6.45, 7) is 7.40. The summed E-state index contributed by atoms with van der Waals surface area (Å²) in [7, 11) is 0. The Balaban J connectivity index is 1.57. The van der Waals surface area contributed by atoms with Crippen LogP contribution in [0.1, 0.15) is 51.5 Å². The third kappa shape index (κ3) is 3.32. The molecule has 120 valence electrons. The van der Waals surface area contributed by atoms with Crippen molar-refractivity contribution in [3.05, 3.63) is 34.3 Å². The topological polar surface area (TPSA) is 29.5 Å². The normalized spacial score (nSPS) is 23.5. The Kier molecular flexibility index (Phi) is 4.00. The summed E-state index contributed by atoms with van der Waals surface area (Å²) in [5.41, 5.74) is 1.45. The van der Waals surface area contributed by atoms with Gasteiger partial charge in [0.25, 0.3) is 0 Å². The summed E-state index contributed by atoms with van der Waals surface area (Å²) in [5.74, 6) is 0.668. The Morgan fingerprint density at radius 2 is 1.82 bits per heavy atom. The molecule has 2 aliphatic rings. The maximum atomic E-state index is 12.1. The van der Waals surface area contributed by atoms with Gasteiger partial charge in [-0.2, -0.15) is 0 Å². The number of ether oxygens (including phenoxy) is 1. The predicted octanol–water partition coefficient (Wildman–Crippen LogP) is 4.95. The van der Waals surface area contributed by atoms with Crippen LogP contribution in [0.5, 0.6) is 0 Å². The molecule has 22 heavy (non-hydrogen) atoms. The molecule has 0 N–H and O–H groups in total. The minimum absolute atomic E-state index is 0.164. The highest BCUT2D eigenvalue weighted by Gasteiger charge is 2.55. The standard InChI is InChI=1S/C18H24BrNO2/c1-17(2,3)22-16(21)20-10-8-18(9-11-20)12-15(18)13-4-6-14(19)7-5-13/h4-7,15H,8-12H2,1-3H3/t15-/m0/s1. The van der Waals surface area contributed by atoms with E-state index in [4.69, 9.17) is 4.74 Å². The van der Waals surface area contributed by atoms with Crippen molar-refractivity contribution in [2.24, 2.45) is 5.41 Å². The van der Waals surface area contributed by atoms with Gasteiger partial charge in [0.15, 0.2) is 0 Å². The fraction of sp³-hybridized carbons (Fsp3) is 0.611. The quantitative estimate of drug-likeness (QED) is 0.704. The van der Waals surface area contributed by atoms with E-state index in [1.54, 1.807) is 0 Å². The zero-order valence-corrected chi connectivity index (χ0v) is 15.1. The number of halogens is 1. The number of nitrogens with zero attached hydrogens (tertiary/aromatic N) is 1. The van der Waals surface area contributed by atoms with Crippen molar-refractivity contribution in [1.29, 1.82) is 0 Å². The van der Waals surface area contributed by atoms with Crippen LogP contribution in [-0.4, -0.2) is 29.7 Å². The molecule has 1 saturated carbocycles. The summed E-state index contributed by atoms with van der Waals surface area (Å²) < 4.78 is 6.60. The van der Waals surface area contributed by atoms with Crippen LogP contribution in [0, 0.1) is 5.41 Å². The first-order chi connectivity index (χ1) is 10.3. The van der Waals surface area contributed by atoms with Crippen molar-refractivity contribution in [2.45, 2.75) is 51.6 Å². The first-order valence-electron chi connectivity index (χ1n) is 8.03. The first kappa shape index (κ1) is 15.9. The Morgan fingerprint density at radius 1 is 1.23 bits per heavy atom. The maximum absolute atomic E-state index is 12.1. The number of likely N-dealkylation sites (tertiary alicyclic amines) is 1. The van der Waals surface area contributed by atoms with E-state index >= 15 is 0 Å². The Hall–Kier alpha value is -1.03. The molecule has 1 aromatic carbocycles. The van der Waals surface area contributed by atoms with Crippen molar-refractivity contribution in [1.82, 2.24) is 4.90 Å². The lowest BCUT2D eigenvalue weighted by atomic mass is 9.89. The Morgan fingerprint density at radius 3 is 2.36 bits per heavy atom. The van der Waals surface area contributed by atoms with E-state index in [1.807, 2.05) is 25.7 Å². The molecule has 0 unspecified atom stereocenters. The molecule has 2 fully saturated rings. The molecule has 0 radical (unpaired) electrons. The van der Waals surface area contributed by atoms with Gasteiger partial charge in [-0.25, -0.2) is 4.79 Å². The van der Waals surface area contributed by atoms with Crippen LogP contribution < -0.4 is 0 Å². The van der Waals surface area contributed by atoms with Crippen LogP contribution in [0.4, 0.5) is 4.79 Å². The Bertz CT molecular complexity index is 553. The largest absolute Gasteiger partial charge is 0.444 e. The van der Waals surface area contributed by atoms with Crippen molar-refractivity contribution in [3.63, 3.8) is 0 Å². The molecule has 3 rings (SSSR count).